The molecule has 1 aromatic carbocycles. The molecule has 5 aliphatic heterocycles. The number of ether oxygens (including phenoxy) is 2. The Morgan fingerprint density at radius 2 is 1.03 bits per heavy atom. The Morgan fingerprint density at radius 3 is 1.42 bits per heavy atom. The maximum atomic E-state index is 15.1. The standard InChI is InChI=1S/C60H82N12O16/c1-25(2)40-57(82)71-21-19-34(71)55(80)67(13)23-36(73)69(15)46(27(5)6)59(84)86-31(11)42(53(78)63-40)65-51(76)33-18-17-29(9)49-44(33)62-45-38(39(61)48(75)30(10)50(45)88-49)52(77)66-43-32(12)87-60(85)47(28(7)8)70(16)37(74)24-68(14)56(81)35-20-22-72(35)58(83)41(26(3)4)64-54(43)79/h17-18,25-28,31-32,34-35,40-43,46-47H,19-24,61H2,1-16H3,(H,63,78)(H,64,79)(H,65,76)(H,66,77)/t31-,32-,34+,35+,40-,41+,42+,43-,46+,47+/m1/s1. The van der Waals surface area contributed by atoms with Crippen molar-refractivity contribution in [3.63, 3.8) is 0 Å². The van der Waals surface area contributed by atoms with Crippen LogP contribution in [0.4, 0.5) is 5.69 Å². The average Bonchev–Trinajstić information content (AvgIpc) is 0.765. The second-order valence-electron chi connectivity index (χ2n) is 24.8. The molecular formula is C60H82N12O16. The van der Waals surface area contributed by atoms with Gasteiger partial charge in [0.1, 0.15) is 71.8 Å². The normalized spacial score (nSPS) is 26.3. The molecule has 0 spiro atoms. The summed E-state index contributed by atoms with van der Waals surface area (Å²) in [6.45, 7) is 18.3. The number of esters is 2. The van der Waals surface area contributed by atoms with Crippen LogP contribution >= 0.6 is 0 Å². The van der Waals surface area contributed by atoms with Crippen LogP contribution in [-0.4, -0.2) is 220 Å². The van der Waals surface area contributed by atoms with E-state index >= 15 is 9.59 Å². The zero-order valence-electron chi connectivity index (χ0n) is 52.7. The Morgan fingerprint density at radius 1 is 0.614 bits per heavy atom. The van der Waals surface area contributed by atoms with Gasteiger partial charge in [-0.2, -0.15) is 0 Å². The molecule has 6 aliphatic rings. The summed E-state index contributed by atoms with van der Waals surface area (Å²) in [7, 11) is 5.54. The summed E-state index contributed by atoms with van der Waals surface area (Å²) >= 11 is 0. The summed E-state index contributed by atoms with van der Waals surface area (Å²) in [6, 6.07) is -7.85. The summed E-state index contributed by atoms with van der Waals surface area (Å²) in [5.74, 6) is -12.4. The number of aryl methyl sites for hydroxylation is 1. The van der Waals surface area contributed by atoms with E-state index in [0.29, 0.717) is 5.56 Å². The van der Waals surface area contributed by atoms with Gasteiger partial charge in [0.25, 0.3) is 11.8 Å². The van der Waals surface area contributed by atoms with Crippen LogP contribution in [0.1, 0.15) is 114 Å². The number of fused-ring (bicyclic) bond motifs is 4. The molecule has 0 radical (unpaired) electrons. The third-order valence-corrected chi connectivity index (χ3v) is 17.1. The third kappa shape index (κ3) is 13.0. The van der Waals surface area contributed by atoms with Crippen LogP contribution in [-0.2, 0) is 57.4 Å². The number of nitrogens with zero attached hydrogens (tertiary/aromatic N) is 7. The molecule has 1 aliphatic carbocycles. The summed E-state index contributed by atoms with van der Waals surface area (Å²) in [5.41, 5.74) is 3.53. The van der Waals surface area contributed by atoms with Crippen molar-refractivity contribution in [2.45, 2.75) is 156 Å². The molecule has 0 aromatic heterocycles. The number of nitrogen functional groups attached to an aromatic ring is 1. The van der Waals surface area contributed by atoms with Crippen LogP contribution in [0.5, 0.6) is 0 Å². The van der Waals surface area contributed by atoms with Gasteiger partial charge in [-0.15, -0.1) is 0 Å². The van der Waals surface area contributed by atoms with Gasteiger partial charge in [0.15, 0.2) is 11.3 Å². The van der Waals surface area contributed by atoms with E-state index < -0.39 is 191 Å². The second kappa shape index (κ2) is 26.3. The van der Waals surface area contributed by atoms with Gasteiger partial charge in [-0.25, -0.2) is 14.6 Å². The molecular weight excluding hydrogens is 1140 g/mol. The summed E-state index contributed by atoms with van der Waals surface area (Å²) in [5, 5.41) is 10.6. The Bertz CT molecular complexity index is 3380. The minimum atomic E-state index is -1.88. The van der Waals surface area contributed by atoms with E-state index in [-0.39, 0.29) is 53.9 Å². The van der Waals surface area contributed by atoms with Gasteiger partial charge in [0, 0.05) is 46.8 Å². The Hall–Kier alpha value is -8.72. The van der Waals surface area contributed by atoms with Crippen molar-refractivity contribution in [2.75, 3.05) is 60.1 Å². The van der Waals surface area contributed by atoms with Crippen LogP contribution in [0, 0.1) is 37.5 Å². The molecule has 28 nitrogen and oxygen atoms in total. The van der Waals surface area contributed by atoms with E-state index in [1.165, 1.54) is 80.7 Å². The van der Waals surface area contributed by atoms with E-state index in [2.05, 4.69) is 21.3 Å². The lowest BCUT2D eigenvalue weighted by Gasteiger charge is -2.44. The number of benzene rings is 2. The fraction of sp³-hybridized carbons (Fsp3) is 0.600. The maximum absolute atomic E-state index is 15.1. The highest BCUT2D eigenvalue weighted by Gasteiger charge is 2.48. The van der Waals surface area contributed by atoms with Crippen molar-refractivity contribution in [1.29, 1.82) is 0 Å². The van der Waals surface area contributed by atoms with Gasteiger partial charge in [0.2, 0.25) is 52.7 Å². The Labute approximate surface area is 509 Å². The number of anilines is 1. The predicted octanol–water partition coefficient (Wildman–Crippen LogP) is -0.0546. The summed E-state index contributed by atoms with van der Waals surface area (Å²) < 4.78 is 18.2. The minimum absolute atomic E-state index is 0.0780. The van der Waals surface area contributed by atoms with Crippen LogP contribution in [0.2, 0.25) is 0 Å². The number of carbonyl (C=O) groups excluding carboxylic acids is 12. The Balaban J connectivity index is 1.31. The number of carbonyl (C=O) groups is 12. The van der Waals surface area contributed by atoms with Crippen molar-refractivity contribution in [3.8, 4) is 11.5 Å². The zero-order chi connectivity index (χ0) is 65.6. The largest absolute Gasteiger partial charge is 0.458 e. The van der Waals surface area contributed by atoms with Crippen LogP contribution in [0.25, 0.3) is 22.6 Å². The molecule has 7 rings (SSSR count). The van der Waals surface area contributed by atoms with Crippen molar-refractivity contribution in [1.82, 2.24) is 55.7 Å². The number of nitrogens with two attached hydrogens (primary N) is 1. The van der Waals surface area contributed by atoms with Gasteiger partial charge in [-0.05, 0) is 75.8 Å². The molecule has 1 aromatic rings. The van der Waals surface area contributed by atoms with Crippen LogP contribution < -0.4 is 32.4 Å². The molecule has 4 fully saturated rings. The lowest BCUT2D eigenvalue weighted by atomic mass is 9.95. The number of aromatic nitrogens is 1. The highest BCUT2D eigenvalue weighted by molar-refractivity contribution is 6.10. The molecule has 28 heteroatoms. The van der Waals surface area contributed by atoms with Gasteiger partial charge in [0.05, 0.1) is 29.9 Å². The maximum Gasteiger partial charge on any atom is 0.329 e. The van der Waals surface area contributed by atoms with Gasteiger partial charge < -0.3 is 70.3 Å². The number of rotatable bonds is 8. The first-order valence-electron chi connectivity index (χ1n) is 29.5. The quantitative estimate of drug-likeness (QED) is 0.112. The van der Waals surface area contributed by atoms with Crippen molar-refractivity contribution >= 4 is 87.8 Å². The average molecular weight is 1230 g/mol. The number of hydrogen-bond acceptors (Lipinski definition) is 18. The number of cyclic esters (lactones) is 2. The van der Waals surface area contributed by atoms with E-state index in [9.17, 15) is 52.7 Å². The summed E-state index contributed by atoms with van der Waals surface area (Å²) in [4.78, 5) is 197. The van der Waals surface area contributed by atoms with Crippen molar-refractivity contribution in [3.05, 3.63) is 44.6 Å². The van der Waals surface area contributed by atoms with E-state index in [1.807, 2.05) is 0 Å². The van der Waals surface area contributed by atoms with E-state index in [4.69, 9.17) is 24.6 Å². The number of likely N-dealkylation sites (N-methyl/N-ethyl adjacent to an activating group) is 4. The first-order chi connectivity index (χ1) is 41.1. The van der Waals surface area contributed by atoms with Crippen molar-refractivity contribution in [2.24, 2.45) is 23.7 Å². The molecule has 0 saturated carbocycles. The molecule has 0 unspecified atom stereocenters. The van der Waals surface area contributed by atoms with Crippen LogP contribution in [0.3, 0.4) is 0 Å². The van der Waals surface area contributed by atoms with Gasteiger partial charge in [-0.3, -0.25) is 52.7 Å². The third-order valence-electron chi connectivity index (χ3n) is 17.1. The molecule has 88 heavy (non-hydrogen) atoms. The fourth-order valence-electron chi connectivity index (χ4n) is 11.5. The molecule has 5 heterocycles. The number of nitrogens with one attached hydrogen (secondary N) is 4. The monoisotopic (exact) mass is 1230 g/mol. The smallest absolute Gasteiger partial charge is 0.329 e. The number of hydrogen-bond donors (Lipinski definition) is 5. The second-order valence-corrected chi connectivity index (χ2v) is 24.8. The molecule has 10 atom stereocenters. The zero-order valence-corrected chi connectivity index (χ0v) is 52.7. The topological polar surface area (TPSA) is 360 Å². The molecule has 0 bridgehead atoms. The molecule has 478 valence electrons. The predicted molar refractivity (Wildman–Crippen MR) is 316 cm³/mol. The highest BCUT2D eigenvalue weighted by Crippen LogP contribution is 2.35. The Kier molecular flexibility index (Phi) is 20.0. The van der Waals surface area contributed by atoms with E-state index in [1.54, 1.807) is 62.3 Å². The SMILES string of the molecule is Cc1c2oc3c(C)ccc(C(=O)N[C@@H]4C(=O)N[C@H](C(C)C)C(=O)N5CC[C@H]5C(=O)N(C)CC(=O)N(C)[C@@H](C(C)C)C(=O)O[C@@H]4C)c3nc-2c(C(=O)N[C@H]2C(=O)N[C@@H](C(C)C)C(=O)N3CC[C@H]3C(=O)N(C)CC(=O)N(C)[C@@H](C(C)C)C(=O)O[C@@H]2C)c(N)c1=O. The highest BCUT2D eigenvalue weighted by atomic mass is 16.6. The fourth-order valence-corrected chi connectivity index (χ4v) is 11.5. The van der Waals surface area contributed by atoms with Crippen LogP contribution in [0.15, 0.2) is 21.3 Å². The molecule has 10 amide bonds. The van der Waals surface area contributed by atoms with Gasteiger partial charge >= 0.3 is 11.9 Å². The lowest BCUT2D eigenvalue weighted by molar-refractivity contribution is -0.164. The van der Waals surface area contributed by atoms with Gasteiger partial charge in [-0.1, -0.05) is 61.5 Å². The molecule has 4 saturated heterocycles. The minimum Gasteiger partial charge on any atom is -0.458 e. The molecule has 6 N–H and O–H groups in total. The van der Waals surface area contributed by atoms with Crippen molar-refractivity contribution < 1.29 is 71.4 Å². The van der Waals surface area contributed by atoms with E-state index in [0.717, 1.165) is 9.80 Å². The summed E-state index contributed by atoms with van der Waals surface area (Å²) in [6.07, 6.45) is -2.53. The number of amides is 10. The first-order valence-corrected chi connectivity index (χ1v) is 29.5. The lowest BCUT2D eigenvalue weighted by Crippen LogP contribution is -2.65. The first kappa shape index (κ1) is 66.8.